The molecule has 0 fully saturated rings. The van der Waals surface area contributed by atoms with Crippen molar-refractivity contribution < 1.29 is 19.8 Å². The summed E-state index contributed by atoms with van der Waals surface area (Å²) in [6.45, 7) is 3.98. The van der Waals surface area contributed by atoms with Gasteiger partial charge in [-0.3, -0.25) is 9.59 Å². The van der Waals surface area contributed by atoms with E-state index in [9.17, 15) is 9.59 Å². The Kier molecular flexibility index (Phi) is 6.75. The molecular weight excluding hydrogens is 196 g/mol. The van der Waals surface area contributed by atoms with Crippen LogP contribution in [-0.4, -0.2) is 22.2 Å². The average molecular weight is 216 g/mol. The molecule has 0 bridgehead atoms. The van der Waals surface area contributed by atoms with E-state index in [4.69, 9.17) is 10.2 Å². The Morgan fingerprint density at radius 2 is 1.53 bits per heavy atom. The number of carbonyl (C=O) groups is 2. The van der Waals surface area contributed by atoms with Crippen molar-refractivity contribution in [2.24, 2.45) is 11.8 Å². The van der Waals surface area contributed by atoms with Crippen molar-refractivity contribution in [1.82, 2.24) is 0 Å². The maximum absolute atomic E-state index is 11.0. The van der Waals surface area contributed by atoms with E-state index in [-0.39, 0.29) is 12.3 Å². The second-order valence-electron chi connectivity index (χ2n) is 3.88. The minimum absolute atomic E-state index is 0.00593. The molecule has 0 rings (SSSR count). The average Bonchev–Trinajstić information content (AvgIpc) is 2.13. The fourth-order valence-electron chi connectivity index (χ4n) is 1.93. The molecule has 0 aromatic rings. The number of rotatable bonds is 8. The summed E-state index contributed by atoms with van der Waals surface area (Å²) in [7, 11) is 0. The van der Waals surface area contributed by atoms with Crippen molar-refractivity contribution in [2.45, 2.75) is 46.0 Å². The van der Waals surface area contributed by atoms with E-state index in [1.165, 1.54) is 0 Å². The van der Waals surface area contributed by atoms with Gasteiger partial charge in [-0.25, -0.2) is 0 Å². The Hall–Kier alpha value is -1.06. The van der Waals surface area contributed by atoms with Crippen LogP contribution in [0.1, 0.15) is 46.0 Å². The second kappa shape index (κ2) is 7.26. The SMILES string of the molecule is CCCC(CCC)C(CC(=O)O)C(=O)O. The molecule has 0 spiro atoms. The lowest BCUT2D eigenvalue weighted by molar-refractivity contribution is -0.150. The van der Waals surface area contributed by atoms with Gasteiger partial charge in [-0.2, -0.15) is 0 Å². The molecule has 0 amide bonds. The smallest absolute Gasteiger partial charge is 0.307 e. The van der Waals surface area contributed by atoms with E-state index >= 15 is 0 Å². The zero-order chi connectivity index (χ0) is 11.8. The molecule has 0 aliphatic carbocycles. The molecule has 88 valence electrons. The summed E-state index contributed by atoms with van der Waals surface area (Å²) in [6, 6.07) is 0. The van der Waals surface area contributed by atoms with Crippen LogP contribution in [0, 0.1) is 11.8 Å². The standard InChI is InChI=1S/C11H20O4/c1-3-5-8(6-4-2)9(11(14)15)7-10(12)13/h8-9H,3-7H2,1-2H3,(H,12,13)(H,14,15). The summed E-state index contributed by atoms with van der Waals surface area (Å²) in [5.74, 6) is -2.75. The fourth-order valence-corrected chi connectivity index (χ4v) is 1.93. The van der Waals surface area contributed by atoms with E-state index in [0.29, 0.717) is 0 Å². The van der Waals surface area contributed by atoms with E-state index in [2.05, 4.69) is 0 Å². The lowest BCUT2D eigenvalue weighted by atomic mass is 9.83. The van der Waals surface area contributed by atoms with Crippen LogP contribution in [0.15, 0.2) is 0 Å². The van der Waals surface area contributed by atoms with E-state index < -0.39 is 17.9 Å². The molecule has 4 heteroatoms. The van der Waals surface area contributed by atoms with Crippen molar-refractivity contribution in [1.29, 1.82) is 0 Å². The lowest BCUT2D eigenvalue weighted by Gasteiger charge is -2.21. The van der Waals surface area contributed by atoms with Gasteiger partial charge >= 0.3 is 11.9 Å². The number of aliphatic carboxylic acids is 2. The van der Waals surface area contributed by atoms with Crippen molar-refractivity contribution in [3.63, 3.8) is 0 Å². The Balaban J connectivity index is 4.50. The van der Waals surface area contributed by atoms with Gasteiger partial charge in [-0.15, -0.1) is 0 Å². The highest BCUT2D eigenvalue weighted by molar-refractivity contribution is 5.77. The molecule has 0 saturated carbocycles. The molecular formula is C11H20O4. The van der Waals surface area contributed by atoms with Gasteiger partial charge in [-0.05, 0) is 18.8 Å². The van der Waals surface area contributed by atoms with Gasteiger partial charge in [0.25, 0.3) is 0 Å². The first kappa shape index (κ1) is 13.9. The molecule has 0 aromatic carbocycles. The minimum atomic E-state index is -1.03. The van der Waals surface area contributed by atoms with Crippen LogP contribution >= 0.6 is 0 Å². The van der Waals surface area contributed by atoms with Crippen molar-refractivity contribution in [2.75, 3.05) is 0 Å². The summed E-state index contributed by atoms with van der Waals surface area (Å²) < 4.78 is 0. The van der Waals surface area contributed by atoms with E-state index in [1.54, 1.807) is 0 Å². The van der Waals surface area contributed by atoms with Gasteiger partial charge in [-0.1, -0.05) is 26.7 Å². The lowest BCUT2D eigenvalue weighted by Crippen LogP contribution is -2.26. The first-order valence-corrected chi connectivity index (χ1v) is 5.47. The van der Waals surface area contributed by atoms with Crippen LogP contribution in [0.2, 0.25) is 0 Å². The first-order chi connectivity index (χ1) is 7.02. The molecule has 0 aliphatic rings. The summed E-state index contributed by atoms with van der Waals surface area (Å²) in [6.07, 6.45) is 3.11. The normalized spacial score (nSPS) is 12.7. The topological polar surface area (TPSA) is 74.6 Å². The predicted octanol–water partition coefficient (Wildman–Crippen LogP) is 2.38. The van der Waals surface area contributed by atoms with Crippen LogP contribution < -0.4 is 0 Å². The quantitative estimate of drug-likeness (QED) is 0.653. The third-order valence-corrected chi connectivity index (χ3v) is 2.60. The molecule has 0 heterocycles. The highest BCUT2D eigenvalue weighted by Crippen LogP contribution is 2.26. The third-order valence-electron chi connectivity index (χ3n) is 2.60. The molecule has 0 radical (unpaired) electrons. The van der Waals surface area contributed by atoms with E-state index in [1.807, 2.05) is 13.8 Å². The molecule has 0 saturated heterocycles. The van der Waals surface area contributed by atoms with Gasteiger partial charge in [0.15, 0.2) is 0 Å². The number of carboxylic acids is 2. The molecule has 2 N–H and O–H groups in total. The largest absolute Gasteiger partial charge is 0.481 e. The maximum Gasteiger partial charge on any atom is 0.307 e. The predicted molar refractivity (Wildman–Crippen MR) is 56.7 cm³/mol. The highest BCUT2D eigenvalue weighted by atomic mass is 16.4. The van der Waals surface area contributed by atoms with Gasteiger partial charge in [0.1, 0.15) is 0 Å². The summed E-state index contributed by atoms with van der Waals surface area (Å²) in [5.41, 5.74) is 0. The van der Waals surface area contributed by atoms with Gasteiger partial charge in [0, 0.05) is 0 Å². The van der Waals surface area contributed by atoms with Crippen molar-refractivity contribution >= 4 is 11.9 Å². The molecule has 0 aromatic heterocycles. The highest BCUT2D eigenvalue weighted by Gasteiger charge is 2.28. The zero-order valence-electron chi connectivity index (χ0n) is 9.40. The second-order valence-corrected chi connectivity index (χ2v) is 3.88. The van der Waals surface area contributed by atoms with Gasteiger partial charge in [0.05, 0.1) is 12.3 Å². The van der Waals surface area contributed by atoms with Gasteiger partial charge in [0.2, 0.25) is 0 Å². The molecule has 15 heavy (non-hydrogen) atoms. The Morgan fingerprint density at radius 3 is 1.80 bits per heavy atom. The Labute approximate surface area is 90.3 Å². The number of hydrogen-bond acceptors (Lipinski definition) is 2. The van der Waals surface area contributed by atoms with Crippen LogP contribution in [0.4, 0.5) is 0 Å². The summed E-state index contributed by atoms with van der Waals surface area (Å²) in [4.78, 5) is 21.5. The van der Waals surface area contributed by atoms with Crippen LogP contribution in [0.3, 0.4) is 0 Å². The fraction of sp³-hybridized carbons (Fsp3) is 0.818. The third kappa shape index (κ3) is 5.40. The van der Waals surface area contributed by atoms with Crippen molar-refractivity contribution in [3.05, 3.63) is 0 Å². The molecule has 1 atom stereocenters. The summed E-state index contributed by atoms with van der Waals surface area (Å²) in [5, 5.41) is 17.6. The van der Waals surface area contributed by atoms with Crippen molar-refractivity contribution in [3.8, 4) is 0 Å². The van der Waals surface area contributed by atoms with Crippen LogP contribution in [-0.2, 0) is 9.59 Å². The molecule has 1 unspecified atom stereocenters. The Morgan fingerprint density at radius 1 is 1.07 bits per heavy atom. The van der Waals surface area contributed by atoms with Gasteiger partial charge < -0.3 is 10.2 Å². The monoisotopic (exact) mass is 216 g/mol. The van der Waals surface area contributed by atoms with Crippen LogP contribution in [0.5, 0.6) is 0 Å². The minimum Gasteiger partial charge on any atom is -0.481 e. The summed E-state index contributed by atoms with van der Waals surface area (Å²) >= 11 is 0. The van der Waals surface area contributed by atoms with E-state index in [0.717, 1.165) is 25.7 Å². The first-order valence-electron chi connectivity index (χ1n) is 5.47. The zero-order valence-corrected chi connectivity index (χ0v) is 9.40. The Bertz CT molecular complexity index is 207. The maximum atomic E-state index is 11.0. The number of carboxylic acid groups (broad SMARTS) is 2. The molecule has 4 nitrogen and oxygen atoms in total. The number of hydrogen-bond donors (Lipinski definition) is 2. The molecule has 0 aliphatic heterocycles. The van der Waals surface area contributed by atoms with Crippen LogP contribution in [0.25, 0.3) is 0 Å².